The molecular weight excluding hydrogens is 271 g/mol. The molecule has 2 rings (SSSR count). The molecule has 21 heavy (non-hydrogen) atoms. The van der Waals surface area contributed by atoms with Gasteiger partial charge in [0.05, 0.1) is 13.2 Å². The molecule has 0 bridgehead atoms. The molecule has 0 saturated carbocycles. The Hall–Kier alpha value is -1.91. The van der Waals surface area contributed by atoms with Crippen LogP contribution in [0.15, 0.2) is 48.5 Å². The minimum absolute atomic E-state index is 0.00480. The van der Waals surface area contributed by atoms with Crippen LogP contribution in [0.1, 0.15) is 11.1 Å². The summed E-state index contributed by atoms with van der Waals surface area (Å²) in [6.07, 6.45) is -0.798. The largest absolute Gasteiger partial charge is 0.488 e. The normalized spacial score (nSPS) is 12.1. The smallest absolute Gasteiger partial charge is 0.165 e. The molecule has 1 N–H and O–H groups in total. The minimum Gasteiger partial charge on any atom is -0.488 e. The Morgan fingerprint density at radius 1 is 1.10 bits per heavy atom. The Morgan fingerprint density at radius 3 is 2.62 bits per heavy atom. The van der Waals surface area contributed by atoms with E-state index in [0.29, 0.717) is 6.61 Å². The van der Waals surface area contributed by atoms with Crippen molar-refractivity contribution in [3.63, 3.8) is 0 Å². The van der Waals surface area contributed by atoms with Gasteiger partial charge in [-0.2, -0.15) is 0 Å². The first kappa shape index (κ1) is 15.5. The van der Waals surface area contributed by atoms with E-state index < -0.39 is 11.9 Å². The summed E-state index contributed by atoms with van der Waals surface area (Å²) in [6, 6.07) is 14.3. The van der Waals surface area contributed by atoms with E-state index in [2.05, 4.69) is 0 Å². The topological polar surface area (TPSA) is 38.7 Å². The fraction of sp³-hybridized carbons (Fsp3) is 0.294. The molecule has 0 fully saturated rings. The van der Waals surface area contributed by atoms with Gasteiger partial charge in [0.1, 0.15) is 12.7 Å². The maximum atomic E-state index is 13.5. The third kappa shape index (κ3) is 5.17. The van der Waals surface area contributed by atoms with Crippen LogP contribution in [0.2, 0.25) is 0 Å². The summed E-state index contributed by atoms with van der Waals surface area (Å²) in [4.78, 5) is 0. The number of hydrogen-bond donors (Lipinski definition) is 1. The van der Waals surface area contributed by atoms with E-state index in [1.165, 1.54) is 6.07 Å². The van der Waals surface area contributed by atoms with Gasteiger partial charge >= 0.3 is 0 Å². The summed E-state index contributed by atoms with van der Waals surface area (Å²) in [5.41, 5.74) is 1.94. The number of hydrogen-bond acceptors (Lipinski definition) is 3. The molecule has 0 aliphatic heterocycles. The van der Waals surface area contributed by atoms with Gasteiger partial charge in [0.25, 0.3) is 0 Å². The van der Waals surface area contributed by atoms with Crippen molar-refractivity contribution in [2.75, 3.05) is 13.2 Å². The first-order valence-corrected chi connectivity index (χ1v) is 6.84. The summed E-state index contributed by atoms with van der Waals surface area (Å²) in [6.45, 7) is 2.42. The van der Waals surface area contributed by atoms with E-state index in [1.807, 2.05) is 37.3 Å². The summed E-state index contributed by atoms with van der Waals surface area (Å²) < 4.78 is 24.1. The number of ether oxygens (including phenoxy) is 2. The summed E-state index contributed by atoms with van der Waals surface area (Å²) in [5.74, 6) is -0.282. The Labute approximate surface area is 124 Å². The van der Waals surface area contributed by atoms with Crippen molar-refractivity contribution in [2.24, 2.45) is 0 Å². The Balaban J connectivity index is 1.72. The predicted octanol–water partition coefficient (Wildman–Crippen LogP) is 3.09. The number of rotatable bonds is 7. The highest BCUT2D eigenvalue weighted by Crippen LogP contribution is 2.18. The van der Waals surface area contributed by atoms with Gasteiger partial charge < -0.3 is 14.6 Å². The second kappa shape index (κ2) is 7.76. The molecular formula is C17H19FO3. The van der Waals surface area contributed by atoms with Gasteiger partial charge in [-0.15, -0.1) is 0 Å². The average molecular weight is 290 g/mol. The van der Waals surface area contributed by atoms with Crippen molar-refractivity contribution in [3.8, 4) is 5.75 Å². The number of aliphatic hydroxyl groups is 1. The van der Waals surface area contributed by atoms with Crippen LogP contribution >= 0.6 is 0 Å². The lowest BCUT2D eigenvalue weighted by Crippen LogP contribution is -2.23. The monoisotopic (exact) mass is 290 g/mol. The fourth-order valence-electron chi connectivity index (χ4n) is 1.84. The fourth-order valence-corrected chi connectivity index (χ4v) is 1.84. The van der Waals surface area contributed by atoms with E-state index in [4.69, 9.17) is 9.47 Å². The zero-order chi connectivity index (χ0) is 15.1. The number of benzene rings is 2. The zero-order valence-electron chi connectivity index (χ0n) is 12.0. The van der Waals surface area contributed by atoms with Crippen molar-refractivity contribution in [2.45, 2.75) is 19.6 Å². The summed E-state index contributed by atoms with van der Waals surface area (Å²) in [5, 5.41) is 9.78. The molecule has 1 atom stereocenters. The molecule has 2 aromatic rings. The van der Waals surface area contributed by atoms with Gasteiger partial charge in [-0.3, -0.25) is 0 Å². The number of aryl methyl sites for hydroxylation is 1. The van der Waals surface area contributed by atoms with Crippen molar-refractivity contribution >= 4 is 0 Å². The quantitative estimate of drug-likeness (QED) is 0.851. The Morgan fingerprint density at radius 2 is 1.86 bits per heavy atom. The highest BCUT2D eigenvalue weighted by Gasteiger charge is 2.09. The van der Waals surface area contributed by atoms with Gasteiger partial charge in [-0.05, 0) is 30.2 Å². The van der Waals surface area contributed by atoms with Gasteiger partial charge in [-0.25, -0.2) is 4.39 Å². The molecule has 0 amide bonds. The van der Waals surface area contributed by atoms with Gasteiger partial charge in [0, 0.05) is 0 Å². The first-order chi connectivity index (χ1) is 10.1. The van der Waals surface area contributed by atoms with Crippen LogP contribution in [-0.4, -0.2) is 24.4 Å². The lowest BCUT2D eigenvalue weighted by molar-refractivity contribution is 0.00484. The van der Waals surface area contributed by atoms with E-state index in [0.717, 1.165) is 11.1 Å². The van der Waals surface area contributed by atoms with Crippen LogP contribution in [-0.2, 0) is 11.3 Å². The van der Waals surface area contributed by atoms with Crippen LogP contribution in [0, 0.1) is 12.7 Å². The molecule has 0 aliphatic carbocycles. The highest BCUT2D eigenvalue weighted by molar-refractivity contribution is 5.29. The molecule has 0 spiro atoms. The third-order valence-corrected chi connectivity index (χ3v) is 2.94. The molecule has 4 heteroatoms. The minimum atomic E-state index is -0.798. The average Bonchev–Trinajstić information content (AvgIpc) is 2.49. The first-order valence-electron chi connectivity index (χ1n) is 6.84. The number of aliphatic hydroxyl groups excluding tert-OH is 1. The van der Waals surface area contributed by atoms with Crippen molar-refractivity contribution in [1.82, 2.24) is 0 Å². The molecule has 0 radical (unpaired) electrons. The second-order valence-electron chi connectivity index (χ2n) is 4.90. The van der Waals surface area contributed by atoms with Crippen LogP contribution in [0.25, 0.3) is 0 Å². The second-order valence-corrected chi connectivity index (χ2v) is 4.90. The van der Waals surface area contributed by atoms with Crippen LogP contribution < -0.4 is 4.74 Å². The van der Waals surface area contributed by atoms with Gasteiger partial charge in [-0.1, -0.05) is 36.4 Å². The SMILES string of the molecule is Cc1ccc(F)c(OCC(O)COCc2ccccc2)c1. The van der Waals surface area contributed by atoms with Crippen molar-refractivity contribution in [3.05, 3.63) is 65.5 Å². The summed E-state index contributed by atoms with van der Waals surface area (Å²) in [7, 11) is 0. The number of halogens is 1. The molecule has 112 valence electrons. The summed E-state index contributed by atoms with van der Waals surface area (Å²) >= 11 is 0. The Bertz CT molecular complexity index is 557. The van der Waals surface area contributed by atoms with Crippen LogP contribution in [0.5, 0.6) is 5.75 Å². The van der Waals surface area contributed by atoms with Crippen molar-refractivity contribution in [1.29, 1.82) is 0 Å². The van der Waals surface area contributed by atoms with Gasteiger partial charge in [0.2, 0.25) is 0 Å². The molecule has 0 saturated heterocycles. The standard InChI is InChI=1S/C17H19FO3/c1-13-7-8-16(18)17(9-13)21-12-15(19)11-20-10-14-5-3-2-4-6-14/h2-9,15,19H,10-12H2,1H3. The maximum Gasteiger partial charge on any atom is 0.165 e. The van der Waals surface area contributed by atoms with Gasteiger partial charge in [0.15, 0.2) is 11.6 Å². The van der Waals surface area contributed by atoms with E-state index in [-0.39, 0.29) is 19.0 Å². The third-order valence-electron chi connectivity index (χ3n) is 2.94. The predicted molar refractivity (Wildman–Crippen MR) is 78.7 cm³/mol. The lowest BCUT2D eigenvalue weighted by Gasteiger charge is -2.13. The zero-order valence-corrected chi connectivity index (χ0v) is 12.0. The molecule has 1 unspecified atom stereocenters. The van der Waals surface area contributed by atoms with Crippen LogP contribution in [0.4, 0.5) is 4.39 Å². The molecule has 2 aromatic carbocycles. The van der Waals surface area contributed by atoms with E-state index >= 15 is 0 Å². The highest BCUT2D eigenvalue weighted by atomic mass is 19.1. The van der Waals surface area contributed by atoms with Crippen LogP contribution in [0.3, 0.4) is 0 Å². The maximum absolute atomic E-state index is 13.5. The van der Waals surface area contributed by atoms with E-state index in [9.17, 15) is 9.50 Å². The molecule has 0 aromatic heterocycles. The van der Waals surface area contributed by atoms with E-state index in [1.54, 1.807) is 12.1 Å². The Kier molecular flexibility index (Phi) is 5.72. The molecule has 0 heterocycles. The molecule has 3 nitrogen and oxygen atoms in total. The molecule has 0 aliphatic rings. The van der Waals surface area contributed by atoms with Crippen molar-refractivity contribution < 1.29 is 19.0 Å². The lowest BCUT2D eigenvalue weighted by atomic mass is 10.2.